The number of hydrogen-bond donors (Lipinski definition) is 1. The molecular formula is C19H18N2O4. The highest BCUT2D eigenvalue weighted by atomic mass is 16.6. The number of nitrogens with one attached hydrogen (secondary N) is 1. The molecule has 2 aromatic carbocycles. The molecule has 0 fully saturated rings. The van der Waals surface area contributed by atoms with Crippen LogP contribution in [-0.4, -0.2) is 17.9 Å². The van der Waals surface area contributed by atoms with Gasteiger partial charge < -0.3 is 10.1 Å². The summed E-state index contributed by atoms with van der Waals surface area (Å²) in [7, 11) is 1.60. The Morgan fingerprint density at radius 2 is 1.92 bits per heavy atom. The predicted octanol–water partition coefficient (Wildman–Crippen LogP) is 3.05. The summed E-state index contributed by atoms with van der Waals surface area (Å²) in [4.78, 5) is 22.3. The van der Waals surface area contributed by atoms with Gasteiger partial charge in [0.1, 0.15) is 5.75 Å². The number of methoxy groups -OCH3 is 1. The van der Waals surface area contributed by atoms with Crippen molar-refractivity contribution in [3.05, 3.63) is 69.8 Å². The van der Waals surface area contributed by atoms with Crippen molar-refractivity contribution < 1.29 is 14.5 Å². The van der Waals surface area contributed by atoms with Crippen molar-refractivity contribution >= 4 is 11.6 Å². The number of carbonyl (C=O) groups excluding carboxylic acids is 1. The summed E-state index contributed by atoms with van der Waals surface area (Å²) in [6, 6.07) is 13.7. The molecule has 0 aliphatic heterocycles. The van der Waals surface area contributed by atoms with E-state index in [0.717, 1.165) is 11.3 Å². The quantitative estimate of drug-likeness (QED) is 0.499. The molecule has 0 spiro atoms. The minimum absolute atomic E-state index is 0.00194. The van der Waals surface area contributed by atoms with E-state index >= 15 is 0 Å². The fourth-order valence-corrected chi connectivity index (χ4v) is 2.14. The highest BCUT2D eigenvalue weighted by Gasteiger charge is 2.12. The third kappa shape index (κ3) is 5.66. The summed E-state index contributed by atoms with van der Waals surface area (Å²) >= 11 is 0. The van der Waals surface area contributed by atoms with Crippen LogP contribution >= 0.6 is 0 Å². The maximum atomic E-state index is 11.8. The molecule has 128 valence electrons. The Morgan fingerprint density at radius 3 is 2.60 bits per heavy atom. The predicted molar refractivity (Wildman–Crippen MR) is 94.0 cm³/mol. The fourth-order valence-electron chi connectivity index (χ4n) is 2.14. The molecule has 0 heterocycles. The molecule has 6 heteroatoms. The van der Waals surface area contributed by atoms with Gasteiger partial charge in [0.2, 0.25) is 5.91 Å². The van der Waals surface area contributed by atoms with Crippen LogP contribution in [0.5, 0.6) is 5.75 Å². The lowest BCUT2D eigenvalue weighted by molar-refractivity contribution is -0.385. The highest BCUT2D eigenvalue weighted by molar-refractivity contribution is 5.76. The normalized spacial score (nSPS) is 9.64. The van der Waals surface area contributed by atoms with Crippen LogP contribution in [0.25, 0.3) is 0 Å². The summed E-state index contributed by atoms with van der Waals surface area (Å²) < 4.78 is 5.07. The second-order valence-corrected chi connectivity index (χ2v) is 5.19. The van der Waals surface area contributed by atoms with Crippen molar-refractivity contribution in [1.29, 1.82) is 0 Å². The van der Waals surface area contributed by atoms with Crippen molar-refractivity contribution in [3.63, 3.8) is 0 Å². The van der Waals surface area contributed by atoms with Gasteiger partial charge in [-0.2, -0.15) is 0 Å². The zero-order valence-electron chi connectivity index (χ0n) is 13.8. The smallest absolute Gasteiger partial charge is 0.274 e. The van der Waals surface area contributed by atoms with Gasteiger partial charge in [0, 0.05) is 36.6 Å². The van der Waals surface area contributed by atoms with Crippen molar-refractivity contribution in [1.82, 2.24) is 5.32 Å². The van der Waals surface area contributed by atoms with E-state index < -0.39 is 4.92 Å². The summed E-state index contributed by atoms with van der Waals surface area (Å²) in [6.07, 6.45) is 0.651. The zero-order chi connectivity index (χ0) is 18.1. The molecule has 1 amide bonds. The largest absolute Gasteiger partial charge is 0.497 e. The number of para-hydroxylation sites is 1. The summed E-state index contributed by atoms with van der Waals surface area (Å²) in [6.45, 7) is 0.127. The molecule has 1 N–H and O–H groups in total. The molecule has 0 atom stereocenters. The first-order valence-corrected chi connectivity index (χ1v) is 7.72. The standard InChI is InChI=1S/C19H18N2O4/c1-25-17-12-10-15(11-13-17)6-2-5-9-19(22)20-14-16-7-3-4-8-18(16)21(23)24/h3-4,7-8,10-13H,5,9,14H2,1H3,(H,20,22). The number of amides is 1. The lowest BCUT2D eigenvalue weighted by atomic mass is 10.1. The second-order valence-electron chi connectivity index (χ2n) is 5.19. The lowest BCUT2D eigenvalue weighted by Gasteiger charge is -2.04. The van der Waals surface area contributed by atoms with Crippen LogP contribution in [0.3, 0.4) is 0 Å². The molecule has 2 aromatic rings. The molecule has 0 radical (unpaired) electrons. The monoisotopic (exact) mass is 338 g/mol. The third-order valence-corrected chi connectivity index (χ3v) is 3.46. The first kappa shape index (κ1) is 18.0. The molecule has 0 aliphatic rings. The molecule has 0 aromatic heterocycles. The van der Waals surface area contributed by atoms with Gasteiger partial charge in [-0.3, -0.25) is 14.9 Å². The van der Waals surface area contributed by atoms with Crippen molar-refractivity contribution in [2.45, 2.75) is 19.4 Å². The SMILES string of the molecule is COc1ccc(C#CCCC(=O)NCc2ccccc2[N+](=O)[O-])cc1. The van der Waals surface area contributed by atoms with Gasteiger partial charge in [0.05, 0.1) is 12.0 Å². The molecule has 0 bridgehead atoms. The van der Waals surface area contributed by atoms with E-state index in [1.54, 1.807) is 25.3 Å². The van der Waals surface area contributed by atoms with Crippen LogP contribution in [-0.2, 0) is 11.3 Å². The van der Waals surface area contributed by atoms with E-state index in [1.165, 1.54) is 6.07 Å². The molecule has 0 unspecified atom stereocenters. The van der Waals surface area contributed by atoms with Gasteiger partial charge in [-0.05, 0) is 24.3 Å². The van der Waals surface area contributed by atoms with E-state index in [2.05, 4.69) is 17.2 Å². The molecule has 2 rings (SSSR count). The van der Waals surface area contributed by atoms with E-state index in [9.17, 15) is 14.9 Å². The van der Waals surface area contributed by atoms with Crippen LogP contribution < -0.4 is 10.1 Å². The number of nitrogens with zero attached hydrogens (tertiary/aromatic N) is 1. The molecule has 0 aliphatic carbocycles. The summed E-state index contributed by atoms with van der Waals surface area (Å²) in [5, 5.41) is 13.6. The topological polar surface area (TPSA) is 81.5 Å². The third-order valence-electron chi connectivity index (χ3n) is 3.46. The molecule has 25 heavy (non-hydrogen) atoms. The Hall–Kier alpha value is -3.33. The zero-order valence-corrected chi connectivity index (χ0v) is 13.8. The average Bonchev–Trinajstić information content (AvgIpc) is 2.64. The minimum Gasteiger partial charge on any atom is -0.497 e. The number of nitro benzene ring substituents is 1. The fraction of sp³-hybridized carbons (Fsp3) is 0.211. The van der Waals surface area contributed by atoms with Gasteiger partial charge in [-0.15, -0.1) is 0 Å². The maximum Gasteiger partial charge on any atom is 0.274 e. The van der Waals surface area contributed by atoms with Crippen molar-refractivity contribution in [3.8, 4) is 17.6 Å². The highest BCUT2D eigenvalue weighted by Crippen LogP contribution is 2.17. The Balaban J connectivity index is 1.80. The number of benzene rings is 2. The lowest BCUT2D eigenvalue weighted by Crippen LogP contribution is -2.22. The minimum atomic E-state index is -0.457. The van der Waals surface area contributed by atoms with Crippen LogP contribution in [0, 0.1) is 22.0 Å². The Bertz CT molecular complexity index is 804. The number of carbonyl (C=O) groups is 1. The average molecular weight is 338 g/mol. The van der Waals surface area contributed by atoms with Crippen LogP contribution in [0.2, 0.25) is 0 Å². The number of nitro groups is 1. The van der Waals surface area contributed by atoms with E-state index in [-0.39, 0.29) is 24.6 Å². The molecule has 0 saturated carbocycles. The van der Waals surface area contributed by atoms with E-state index in [1.807, 2.05) is 24.3 Å². The molecular weight excluding hydrogens is 320 g/mol. The van der Waals surface area contributed by atoms with Gasteiger partial charge in [0.15, 0.2) is 0 Å². The second kappa shape index (κ2) is 9.08. The van der Waals surface area contributed by atoms with Crippen LogP contribution in [0.1, 0.15) is 24.0 Å². The van der Waals surface area contributed by atoms with E-state index in [4.69, 9.17) is 4.74 Å². The van der Waals surface area contributed by atoms with E-state index in [0.29, 0.717) is 12.0 Å². The van der Waals surface area contributed by atoms with Crippen molar-refractivity contribution in [2.24, 2.45) is 0 Å². The first-order valence-electron chi connectivity index (χ1n) is 7.72. The number of hydrogen-bond acceptors (Lipinski definition) is 4. The van der Waals surface area contributed by atoms with Crippen LogP contribution in [0.4, 0.5) is 5.69 Å². The maximum absolute atomic E-state index is 11.8. The van der Waals surface area contributed by atoms with Crippen LogP contribution in [0.15, 0.2) is 48.5 Å². The van der Waals surface area contributed by atoms with Gasteiger partial charge >= 0.3 is 0 Å². The Labute approximate surface area is 146 Å². The molecule has 6 nitrogen and oxygen atoms in total. The van der Waals surface area contributed by atoms with Crippen molar-refractivity contribution in [2.75, 3.05) is 7.11 Å². The number of rotatable bonds is 6. The Morgan fingerprint density at radius 1 is 1.20 bits per heavy atom. The summed E-state index contributed by atoms with van der Waals surface area (Å²) in [5.74, 6) is 6.48. The van der Waals surface area contributed by atoms with Gasteiger partial charge in [-0.1, -0.05) is 30.0 Å². The summed E-state index contributed by atoms with van der Waals surface area (Å²) in [5.41, 5.74) is 1.33. The first-order chi connectivity index (χ1) is 12.1. The van der Waals surface area contributed by atoms with Gasteiger partial charge in [-0.25, -0.2) is 0 Å². The molecule has 0 saturated heterocycles. The van der Waals surface area contributed by atoms with Gasteiger partial charge in [0.25, 0.3) is 5.69 Å². The Kier molecular flexibility index (Phi) is 6.55. The number of ether oxygens (including phenoxy) is 1.